The van der Waals surface area contributed by atoms with Gasteiger partial charge in [-0.3, -0.25) is 9.98 Å². The van der Waals surface area contributed by atoms with E-state index < -0.39 is 0 Å². The van der Waals surface area contributed by atoms with E-state index in [1.807, 2.05) is 0 Å². The van der Waals surface area contributed by atoms with Crippen molar-refractivity contribution < 1.29 is 0 Å². The predicted molar refractivity (Wildman–Crippen MR) is 151 cm³/mol. The number of amidine groups is 2. The summed E-state index contributed by atoms with van der Waals surface area (Å²) in [6.45, 7) is 9.73. The SMILES string of the molecule is CCCCCCC1C=CC(CCCCCCCC2=NCCN2CCN)CC1C1=NCCN1CCN. The van der Waals surface area contributed by atoms with Gasteiger partial charge in [0.05, 0.1) is 18.9 Å². The van der Waals surface area contributed by atoms with Gasteiger partial charge in [-0.1, -0.05) is 70.4 Å². The lowest BCUT2D eigenvalue weighted by Gasteiger charge is -2.35. The van der Waals surface area contributed by atoms with Gasteiger partial charge < -0.3 is 21.3 Å². The molecule has 3 rings (SSSR count). The molecule has 1 aliphatic carbocycles. The molecule has 0 aromatic rings. The van der Waals surface area contributed by atoms with Gasteiger partial charge in [0.2, 0.25) is 0 Å². The molecule has 0 amide bonds. The smallest absolute Gasteiger partial charge is 0.103 e. The van der Waals surface area contributed by atoms with Crippen molar-refractivity contribution >= 4 is 11.7 Å². The molecule has 2 heterocycles. The zero-order valence-corrected chi connectivity index (χ0v) is 22.7. The molecule has 2 aliphatic heterocycles. The molecular weight excluding hydrogens is 432 g/mol. The number of hydrogen-bond donors (Lipinski definition) is 2. The topological polar surface area (TPSA) is 83.2 Å². The number of aliphatic imine (C=N–C) groups is 2. The summed E-state index contributed by atoms with van der Waals surface area (Å²) in [6.07, 6.45) is 22.2. The van der Waals surface area contributed by atoms with Crippen LogP contribution < -0.4 is 11.5 Å². The fraction of sp³-hybridized carbons (Fsp3) is 0.862. The molecule has 3 unspecified atom stereocenters. The highest BCUT2D eigenvalue weighted by Gasteiger charge is 2.34. The second-order valence-electron chi connectivity index (χ2n) is 10.9. The standard InChI is InChI=1S/C29H54N6/c1-2-3-4-9-12-26-15-14-25(24-27(26)29-33-19-23-35(29)21-17-31)11-8-6-5-7-10-13-28-32-18-22-34(28)20-16-30/h14-15,25-27H,2-13,16-24,30-31H2,1H3. The Morgan fingerprint density at radius 1 is 0.800 bits per heavy atom. The van der Waals surface area contributed by atoms with Crippen LogP contribution in [0, 0.1) is 17.8 Å². The molecule has 0 fully saturated rings. The Kier molecular flexibility index (Phi) is 13.2. The molecule has 0 saturated carbocycles. The number of rotatable bonds is 18. The average molecular weight is 487 g/mol. The van der Waals surface area contributed by atoms with Crippen molar-refractivity contribution in [2.75, 3.05) is 52.4 Å². The maximum Gasteiger partial charge on any atom is 0.103 e. The Morgan fingerprint density at radius 3 is 2.31 bits per heavy atom. The third-order valence-corrected chi connectivity index (χ3v) is 8.20. The second kappa shape index (κ2) is 16.4. The number of nitrogens with two attached hydrogens (primary N) is 2. The van der Waals surface area contributed by atoms with E-state index >= 15 is 0 Å². The first kappa shape index (κ1) is 28.2. The van der Waals surface area contributed by atoms with E-state index in [-0.39, 0.29) is 0 Å². The van der Waals surface area contributed by atoms with E-state index in [1.54, 1.807) is 0 Å². The Balaban J connectivity index is 1.39. The fourth-order valence-corrected chi connectivity index (χ4v) is 6.25. The first-order valence-corrected chi connectivity index (χ1v) is 14.9. The van der Waals surface area contributed by atoms with Crippen LogP contribution >= 0.6 is 0 Å². The molecular formula is C29H54N6. The molecule has 0 aromatic heterocycles. The van der Waals surface area contributed by atoms with Crippen LogP contribution in [0.3, 0.4) is 0 Å². The van der Waals surface area contributed by atoms with E-state index in [1.165, 1.54) is 88.7 Å². The summed E-state index contributed by atoms with van der Waals surface area (Å²) in [4.78, 5) is 14.6. The van der Waals surface area contributed by atoms with Crippen molar-refractivity contribution in [2.45, 2.75) is 90.4 Å². The van der Waals surface area contributed by atoms with Gasteiger partial charge in [-0.05, 0) is 37.5 Å². The van der Waals surface area contributed by atoms with Gasteiger partial charge in [-0.25, -0.2) is 0 Å². The molecule has 35 heavy (non-hydrogen) atoms. The highest BCUT2D eigenvalue weighted by molar-refractivity contribution is 5.86. The van der Waals surface area contributed by atoms with E-state index in [9.17, 15) is 0 Å². The summed E-state index contributed by atoms with van der Waals surface area (Å²) in [6, 6.07) is 0. The van der Waals surface area contributed by atoms with Crippen LogP contribution in [0.1, 0.15) is 90.4 Å². The van der Waals surface area contributed by atoms with E-state index in [4.69, 9.17) is 16.5 Å². The van der Waals surface area contributed by atoms with Gasteiger partial charge >= 0.3 is 0 Å². The lowest BCUT2D eigenvalue weighted by Crippen LogP contribution is -2.40. The highest BCUT2D eigenvalue weighted by atomic mass is 15.2. The third-order valence-electron chi connectivity index (χ3n) is 8.20. The predicted octanol–water partition coefficient (Wildman–Crippen LogP) is 4.84. The average Bonchev–Trinajstić information content (AvgIpc) is 3.52. The maximum absolute atomic E-state index is 5.92. The first-order chi connectivity index (χ1) is 17.3. The normalized spacial score (nSPS) is 24.4. The van der Waals surface area contributed by atoms with Crippen LogP contribution in [0.2, 0.25) is 0 Å². The van der Waals surface area contributed by atoms with Crippen LogP contribution in [0.15, 0.2) is 22.1 Å². The maximum atomic E-state index is 5.92. The molecule has 6 heteroatoms. The van der Waals surface area contributed by atoms with Gasteiger partial charge in [0.25, 0.3) is 0 Å². The molecule has 4 N–H and O–H groups in total. The number of nitrogens with zero attached hydrogens (tertiary/aromatic N) is 4. The minimum Gasteiger partial charge on any atom is -0.357 e. The van der Waals surface area contributed by atoms with Crippen molar-refractivity contribution in [3.63, 3.8) is 0 Å². The molecule has 200 valence electrons. The van der Waals surface area contributed by atoms with Crippen LogP contribution in [0.5, 0.6) is 0 Å². The van der Waals surface area contributed by atoms with E-state index in [0.717, 1.165) is 58.8 Å². The molecule has 0 aromatic carbocycles. The zero-order valence-electron chi connectivity index (χ0n) is 22.7. The zero-order chi connectivity index (χ0) is 24.7. The Hall–Kier alpha value is -1.40. The van der Waals surface area contributed by atoms with E-state index in [0.29, 0.717) is 17.8 Å². The van der Waals surface area contributed by atoms with Crippen LogP contribution in [0.25, 0.3) is 0 Å². The molecule has 0 bridgehead atoms. The third kappa shape index (κ3) is 9.20. The minimum absolute atomic E-state index is 0.601. The Labute approximate surface area is 215 Å². The summed E-state index contributed by atoms with van der Waals surface area (Å²) in [7, 11) is 0. The Morgan fingerprint density at radius 2 is 1.49 bits per heavy atom. The van der Waals surface area contributed by atoms with Gasteiger partial charge in [-0.2, -0.15) is 0 Å². The van der Waals surface area contributed by atoms with E-state index in [2.05, 4.69) is 33.9 Å². The largest absolute Gasteiger partial charge is 0.357 e. The first-order valence-electron chi connectivity index (χ1n) is 14.9. The summed E-state index contributed by atoms with van der Waals surface area (Å²) in [5.74, 6) is 4.66. The quantitative estimate of drug-likeness (QED) is 0.214. The van der Waals surface area contributed by atoms with Gasteiger partial charge in [-0.15, -0.1) is 0 Å². The fourth-order valence-electron chi connectivity index (χ4n) is 6.25. The molecule has 0 spiro atoms. The van der Waals surface area contributed by atoms with Crippen molar-refractivity contribution in [3.05, 3.63) is 12.2 Å². The Bertz CT molecular complexity index is 672. The van der Waals surface area contributed by atoms with Crippen molar-refractivity contribution in [2.24, 2.45) is 39.2 Å². The summed E-state index contributed by atoms with van der Waals surface area (Å²) in [5, 5.41) is 0. The molecule has 0 saturated heterocycles. The summed E-state index contributed by atoms with van der Waals surface area (Å²) in [5.41, 5.74) is 11.7. The second-order valence-corrected chi connectivity index (χ2v) is 10.9. The lowest BCUT2D eigenvalue weighted by atomic mass is 9.74. The van der Waals surface area contributed by atoms with Crippen LogP contribution in [-0.2, 0) is 0 Å². The summed E-state index contributed by atoms with van der Waals surface area (Å²) >= 11 is 0. The minimum atomic E-state index is 0.601. The van der Waals surface area contributed by atoms with Crippen molar-refractivity contribution in [1.82, 2.24) is 9.80 Å². The number of allylic oxidation sites excluding steroid dienone is 2. The van der Waals surface area contributed by atoms with Crippen LogP contribution in [-0.4, -0.2) is 73.8 Å². The highest BCUT2D eigenvalue weighted by Crippen LogP contribution is 2.37. The van der Waals surface area contributed by atoms with Gasteiger partial charge in [0, 0.05) is 51.6 Å². The van der Waals surface area contributed by atoms with Crippen LogP contribution in [0.4, 0.5) is 0 Å². The molecule has 6 nitrogen and oxygen atoms in total. The van der Waals surface area contributed by atoms with Crippen molar-refractivity contribution in [3.8, 4) is 0 Å². The number of unbranched alkanes of at least 4 members (excludes halogenated alkanes) is 7. The van der Waals surface area contributed by atoms with Crippen molar-refractivity contribution in [1.29, 1.82) is 0 Å². The molecule has 3 aliphatic rings. The monoisotopic (exact) mass is 486 g/mol. The molecule has 0 radical (unpaired) electrons. The van der Waals surface area contributed by atoms with Gasteiger partial charge in [0.15, 0.2) is 0 Å². The summed E-state index contributed by atoms with van der Waals surface area (Å²) < 4.78 is 0. The molecule has 3 atom stereocenters. The number of hydrogen-bond acceptors (Lipinski definition) is 6. The lowest BCUT2D eigenvalue weighted by molar-refractivity contribution is 0.318. The van der Waals surface area contributed by atoms with Gasteiger partial charge in [0.1, 0.15) is 5.84 Å².